The second kappa shape index (κ2) is 2.65. The molecule has 1 aromatic rings. The Kier molecular flexibility index (Phi) is 1.95. The van der Waals surface area contributed by atoms with E-state index in [0.29, 0.717) is 0 Å². The van der Waals surface area contributed by atoms with Gasteiger partial charge in [0.2, 0.25) is 0 Å². The van der Waals surface area contributed by atoms with Crippen LogP contribution in [0.2, 0.25) is 0 Å². The number of nitrogen functional groups attached to an aromatic ring is 2. The van der Waals surface area contributed by atoms with E-state index in [-0.39, 0.29) is 16.3 Å². The van der Waals surface area contributed by atoms with Gasteiger partial charge in [-0.15, -0.1) is 0 Å². The maximum atomic E-state index is 10.4. The quantitative estimate of drug-likeness (QED) is 0.465. The highest BCUT2D eigenvalue weighted by Gasteiger charge is 2.02. The third kappa shape index (κ3) is 1.66. The normalized spacial score (nSPS) is 11.4. The van der Waals surface area contributed by atoms with E-state index >= 15 is 0 Å². The average molecular weight is 187 g/mol. The highest BCUT2D eigenvalue weighted by atomic mass is 32.2. The molecule has 0 aliphatic heterocycles. The Morgan fingerprint density at radius 2 is 1.75 bits per heavy atom. The van der Waals surface area contributed by atoms with E-state index < -0.39 is 10.1 Å². The van der Waals surface area contributed by atoms with Gasteiger partial charge in [-0.1, -0.05) is 0 Å². The van der Waals surface area contributed by atoms with Crippen LogP contribution < -0.4 is 11.5 Å². The summed E-state index contributed by atoms with van der Waals surface area (Å²) in [6, 6.07) is 3.44. The van der Waals surface area contributed by atoms with Crippen molar-refractivity contribution >= 4 is 21.5 Å². The second-order valence-electron chi connectivity index (χ2n) is 2.24. The minimum absolute atomic E-state index is 0.0897. The molecule has 0 saturated carbocycles. The molecule has 0 aliphatic rings. The molecule has 5 nitrogen and oxygen atoms in total. The standard InChI is InChI=1S/C6H8N2O3S/c7-5-2-1-4(3-6(5)8)12(9,10)11/h1-3H,7-8H2,(H,9,10,11)/p-1. The molecule has 0 spiro atoms. The van der Waals surface area contributed by atoms with Crippen molar-refractivity contribution in [2.75, 3.05) is 11.5 Å². The molecule has 0 aromatic heterocycles. The van der Waals surface area contributed by atoms with Gasteiger partial charge in [0.1, 0.15) is 10.1 Å². The summed E-state index contributed by atoms with van der Waals surface area (Å²) in [5.41, 5.74) is 10.9. The van der Waals surface area contributed by atoms with E-state index in [4.69, 9.17) is 11.5 Å². The van der Waals surface area contributed by atoms with Crippen molar-refractivity contribution in [2.45, 2.75) is 4.90 Å². The summed E-state index contributed by atoms with van der Waals surface area (Å²) < 4.78 is 31.3. The zero-order chi connectivity index (χ0) is 9.35. The summed E-state index contributed by atoms with van der Waals surface area (Å²) in [7, 11) is -4.43. The maximum Gasteiger partial charge on any atom is 0.124 e. The Morgan fingerprint density at radius 3 is 2.17 bits per heavy atom. The number of hydrogen-bond donors (Lipinski definition) is 2. The van der Waals surface area contributed by atoms with Crippen molar-refractivity contribution < 1.29 is 13.0 Å². The molecule has 0 fully saturated rings. The van der Waals surface area contributed by atoms with Crippen molar-refractivity contribution in [2.24, 2.45) is 0 Å². The zero-order valence-electron chi connectivity index (χ0n) is 6.02. The molecule has 4 N–H and O–H groups in total. The highest BCUT2D eigenvalue weighted by Crippen LogP contribution is 2.18. The number of rotatable bonds is 1. The first-order chi connectivity index (χ1) is 5.41. The fourth-order valence-electron chi connectivity index (χ4n) is 0.708. The summed E-state index contributed by atoms with van der Waals surface area (Å²) >= 11 is 0. The lowest BCUT2D eigenvalue weighted by Crippen LogP contribution is -2.01. The lowest BCUT2D eigenvalue weighted by atomic mass is 10.3. The molecule has 1 rings (SSSR count). The zero-order valence-corrected chi connectivity index (χ0v) is 6.84. The van der Waals surface area contributed by atoms with Gasteiger partial charge in [-0.2, -0.15) is 0 Å². The van der Waals surface area contributed by atoms with Crippen LogP contribution in [0.25, 0.3) is 0 Å². The van der Waals surface area contributed by atoms with Crippen LogP contribution in [-0.4, -0.2) is 13.0 Å². The predicted octanol–water partition coefficient (Wildman–Crippen LogP) is -0.245. The summed E-state index contributed by atoms with van der Waals surface area (Å²) in [6.07, 6.45) is 0. The van der Waals surface area contributed by atoms with Gasteiger partial charge >= 0.3 is 0 Å². The first-order valence-electron chi connectivity index (χ1n) is 3.02. The van der Waals surface area contributed by atoms with Crippen LogP contribution in [0.1, 0.15) is 0 Å². The van der Waals surface area contributed by atoms with Crippen molar-refractivity contribution in [3.8, 4) is 0 Å². The van der Waals surface area contributed by atoms with Gasteiger partial charge in [0, 0.05) is 0 Å². The molecule has 1 aromatic carbocycles. The molecule has 0 radical (unpaired) electrons. The van der Waals surface area contributed by atoms with Crippen molar-refractivity contribution in [3.63, 3.8) is 0 Å². The molecule has 0 heterocycles. The summed E-state index contributed by atoms with van der Waals surface area (Å²) in [5, 5.41) is 0. The molecular weight excluding hydrogens is 180 g/mol. The molecule has 0 aliphatic carbocycles. The monoisotopic (exact) mass is 187 g/mol. The average Bonchev–Trinajstić information content (AvgIpc) is 1.92. The van der Waals surface area contributed by atoms with Crippen LogP contribution in [-0.2, 0) is 10.1 Å². The van der Waals surface area contributed by atoms with Crippen LogP contribution in [0, 0.1) is 0 Å². The molecule has 0 atom stereocenters. The molecular formula is C6H7N2O3S-. The predicted molar refractivity (Wildman–Crippen MR) is 43.2 cm³/mol. The number of nitrogens with two attached hydrogens (primary N) is 2. The summed E-state index contributed by atoms with van der Waals surface area (Å²) in [5.74, 6) is 0. The van der Waals surface area contributed by atoms with E-state index in [1.165, 1.54) is 6.07 Å². The fourth-order valence-corrected chi connectivity index (χ4v) is 1.21. The first kappa shape index (κ1) is 8.82. The van der Waals surface area contributed by atoms with Gasteiger partial charge in [-0.25, -0.2) is 8.42 Å². The van der Waals surface area contributed by atoms with Gasteiger partial charge in [-0.3, -0.25) is 0 Å². The molecule has 0 bridgehead atoms. The largest absolute Gasteiger partial charge is 0.744 e. The van der Waals surface area contributed by atoms with E-state index in [9.17, 15) is 13.0 Å². The maximum absolute atomic E-state index is 10.4. The van der Waals surface area contributed by atoms with Gasteiger partial charge in [-0.05, 0) is 18.2 Å². The first-order valence-corrected chi connectivity index (χ1v) is 4.43. The minimum Gasteiger partial charge on any atom is -0.744 e. The molecule has 0 unspecified atom stereocenters. The lowest BCUT2D eigenvalue weighted by Gasteiger charge is -2.08. The summed E-state index contributed by atoms with van der Waals surface area (Å²) in [6.45, 7) is 0. The Hall–Kier alpha value is -1.27. The van der Waals surface area contributed by atoms with E-state index in [1.807, 2.05) is 0 Å². The van der Waals surface area contributed by atoms with Crippen molar-refractivity contribution in [1.29, 1.82) is 0 Å². The summed E-state index contributed by atoms with van der Waals surface area (Å²) in [4.78, 5) is -0.366. The topological polar surface area (TPSA) is 109 Å². The third-order valence-electron chi connectivity index (χ3n) is 1.35. The van der Waals surface area contributed by atoms with E-state index in [1.54, 1.807) is 0 Å². The highest BCUT2D eigenvalue weighted by molar-refractivity contribution is 7.85. The molecule has 6 heteroatoms. The smallest absolute Gasteiger partial charge is 0.124 e. The van der Waals surface area contributed by atoms with Crippen LogP contribution >= 0.6 is 0 Å². The Bertz CT molecular complexity index is 399. The Morgan fingerprint density at radius 1 is 1.17 bits per heavy atom. The fraction of sp³-hybridized carbons (Fsp3) is 0. The van der Waals surface area contributed by atoms with E-state index in [0.717, 1.165) is 12.1 Å². The van der Waals surface area contributed by atoms with Crippen molar-refractivity contribution in [1.82, 2.24) is 0 Å². The molecule has 66 valence electrons. The molecule has 12 heavy (non-hydrogen) atoms. The van der Waals surface area contributed by atoms with Crippen molar-refractivity contribution in [3.05, 3.63) is 18.2 Å². The van der Waals surface area contributed by atoms with E-state index in [2.05, 4.69) is 0 Å². The van der Waals surface area contributed by atoms with Gasteiger partial charge in [0.05, 0.1) is 16.3 Å². The number of hydrogen-bond acceptors (Lipinski definition) is 5. The second-order valence-corrected chi connectivity index (χ2v) is 3.62. The van der Waals surface area contributed by atoms with Crippen LogP contribution in [0.15, 0.2) is 23.1 Å². The van der Waals surface area contributed by atoms with Gasteiger partial charge in [0.15, 0.2) is 0 Å². The van der Waals surface area contributed by atoms with Gasteiger partial charge < -0.3 is 16.0 Å². The van der Waals surface area contributed by atoms with Gasteiger partial charge in [0.25, 0.3) is 0 Å². The molecule has 0 amide bonds. The number of anilines is 2. The molecule has 0 saturated heterocycles. The number of benzene rings is 1. The minimum atomic E-state index is -4.43. The van der Waals surface area contributed by atoms with Crippen LogP contribution in [0.5, 0.6) is 0 Å². The van der Waals surface area contributed by atoms with Crippen LogP contribution in [0.3, 0.4) is 0 Å². The Labute approximate surface area is 69.7 Å². The SMILES string of the molecule is Nc1ccc(S(=O)(=O)[O-])cc1N. The lowest BCUT2D eigenvalue weighted by molar-refractivity contribution is 0.463. The Balaban J connectivity index is 3.33. The third-order valence-corrected chi connectivity index (χ3v) is 2.18. The van der Waals surface area contributed by atoms with Crippen LogP contribution in [0.4, 0.5) is 11.4 Å².